The zero-order valence-electron chi connectivity index (χ0n) is 11.0. The number of nitrogens with two attached hydrogens (primary N) is 1. The highest BCUT2D eigenvalue weighted by molar-refractivity contribution is 5.93. The molecule has 1 aromatic rings. The Morgan fingerprint density at radius 1 is 1.56 bits per heavy atom. The summed E-state index contributed by atoms with van der Waals surface area (Å²) >= 11 is 0. The van der Waals surface area contributed by atoms with E-state index in [1.807, 2.05) is 25.1 Å². The first kappa shape index (κ1) is 12.9. The zero-order chi connectivity index (χ0) is 13.1. The molecule has 0 bridgehead atoms. The maximum absolute atomic E-state index is 12.0. The summed E-state index contributed by atoms with van der Waals surface area (Å²) in [6, 6.07) is 5.96. The molecular formula is C14H20N2O2. The summed E-state index contributed by atoms with van der Waals surface area (Å²) in [7, 11) is 1.81. The lowest BCUT2D eigenvalue weighted by atomic mass is 10.1. The summed E-state index contributed by atoms with van der Waals surface area (Å²) in [5.41, 5.74) is 7.77. The van der Waals surface area contributed by atoms with Crippen LogP contribution in [0.2, 0.25) is 0 Å². The lowest BCUT2D eigenvalue weighted by Gasteiger charge is -2.18. The summed E-state index contributed by atoms with van der Waals surface area (Å²) in [5, 5.41) is 0. The monoisotopic (exact) mass is 248 g/mol. The van der Waals surface area contributed by atoms with E-state index < -0.39 is 0 Å². The summed E-state index contributed by atoms with van der Waals surface area (Å²) in [6.45, 7) is 2.65. The Morgan fingerprint density at radius 2 is 2.33 bits per heavy atom. The Hall–Kier alpha value is -1.55. The van der Waals surface area contributed by atoms with Gasteiger partial charge in [0.25, 0.3) is 0 Å². The van der Waals surface area contributed by atoms with Crippen LogP contribution in [-0.4, -0.2) is 25.6 Å². The highest BCUT2D eigenvalue weighted by Gasteiger charge is 2.16. The quantitative estimate of drug-likeness (QED) is 0.882. The lowest BCUT2D eigenvalue weighted by Crippen LogP contribution is -2.28. The van der Waals surface area contributed by atoms with Crippen molar-refractivity contribution in [3.8, 4) is 5.75 Å². The minimum Gasteiger partial charge on any atom is -0.493 e. The van der Waals surface area contributed by atoms with E-state index in [1.54, 1.807) is 11.9 Å². The van der Waals surface area contributed by atoms with E-state index in [-0.39, 0.29) is 11.9 Å². The fourth-order valence-corrected chi connectivity index (χ4v) is 2.04. The summed E-state index contributed by atoms with van der Waals surface area (Å²) in [4.78, 5) is 13.7. The SMILES string of the molecule is CC(N)CCC(=O)N(C)c1ccc2c(c1)CCO2. The van der Waals surface area contributed by atoms with Crippen molar-refractivity contribution in [3.63, 3.8) is 0 Å². The maximum Gasteiger partial charge on any atom is 0.226 e. The first-order chi connectivity index (χ1) is 8.58. The van der Waals surface area contributed by atoms with Crippen molar-refractivity contribution in [3.05, 3.63) is 23.8 Å². The molecule has 18 heavy (non-hydrogen) atoms. The molecule has 1 unspecified atom stereocenters. The van der Waals surface area contributed by atoms with Crippen molar-refractivity contribution < 1.29 is 9.53 Å². The van der Waals surface area contributed by atoms with E-state index >= 15 is 0 Å². The van der Waals surface area contributed by atoms with Crippen molar-refractivity contribution in [2.24, 2.45) is 5.73 Å². The number of carbonyl (C=O) groups excluding carboxylic acids is 1. The normalized spacial score (nSPS) is 14.8. The standard InChI is InChI=1S/C14H20N2O2/c1-10(15)3-6-14(17)16(2)12-4-5-13-11(9-12)7-8-18-13/h4-5,9-10H,3,6-8,15H2,1-2H3. The third-order valence-corrected chi connectivity index (χ3v) is 3.25. The van der Waals surface area contributed by atoms with Crippen LogP contribution in [0.5, 0.6) is 5.75 Å². The van der Waals surface area contributed by atoms with Crippen molar-refractivity contribution in [1.82, 2.24) is 0 Å². The number of carbonyl (C=O) groups is 1. The van der Waals surface area contributed by atoms with Crippen LogP contribution in [0.25, 0.3) is 0 Å². The number of amides is 1. The van der Waals surface area contributed by atoms with E-state index in [1.165, 1.54) is 5.56 Å². The minimum atomic E-state index is 0.0655. The van der Waals surface area contributed by atoms with Gasteiger partial charge in [-0.15, -0.1) is 0 Å². The summed E-state index contributed by atoms with van der Waals surface area (Å²) in [6.07, 6.45) is 2.13. The number of hydrogen-bond donors (Lipinski definition) is 1. The second-order valence-electron chi connectivity index (χ2n) is 4.86. The van der Waals surface area contributed by atoms with Crippen molar-refractivity contribution in [2.45, 2.75) is 32.2 Å². The van der Waals surface area contributed by atoms with Crippen molar-refractivity contribution in [1.29, 1.82) is 0 Å². The number of ether oxygens (including phenoxy) is 1. The molecule has 0 spiro atoms. The van der Waals surface area contributed by atoms with Gasteiger partial charge in [-0.1, -0.05) is 0 Å². The molecule has 1 heterocycles. The average Bonchev–Trinajstić information content (AvgIpc) is 2.81. The maximum atomic E-state index is 12.0. The zero-order valence-corrected chi connectivity index (χ0v) is 11.0. The predicted octanol–water partition coefficient (Wildman–Crippen LogP) is 1.71. The highest BCUT2D eigenvalue weighted by Crippen LogP contribution is 2.29. The number of fused-ring (bicyclic) bond motifs is 1. The summed E-state index contributed by atoms with van der Waals surface area (Å²) < 4.78 is 5.45. The number of rotatable bonds is 4. The van der Waals surface area contributed by atoms with E-state index in [0.29, 0.717) is 6.42 Å². The fraction of sp³-hybridized carbons (Fsp3) is 0.500. The average molecular weight is 248 g/mol. The molecule has 98 valence electrons. The molecule has 1 aliphatic heterocycles. The van der Waals surface area contributed by atoms with Crippen LogP contribution in [0, 0.1) is 0 Å². The van der Waals surface area contributed by atoms with Crippen LogP contribution in [0.1, 0.15) is 25.3 Å². The second kappa shape index (κ2) is 5.40. The van der Waals surface area contributed by atoms with Crippen LogP contribution in [0.3, 0.4) is 0 Å². The number of hydrogen-bond acceptors (Lipinski definition) is 3. The second-order valence-corrected chi connectivity index (χ2v) is 4.86. The van der Waals surface area contributed by atoms with Crippen LogP contribution < -0.4 is 15.4 Å². The Morgan fingerprint density at radius 3 is 3.06 bits per heavy atom. The van der Waals surface area contributed by atoms with Crippen LogP contribution in [-0.2, 0) is 11.2 Å². The Kier molecular flexibility index (Phi) is 3.87. The molecule has 4 heteroatoms. The first-order valence-corrected chi connectivity index (χ1v) is 6.36. The lowest BCUT2D eigenvalue weighted by molar-refractivity contribution is -0.118. The summed E-state index contributed by atoms with van der Waals surface area (Å²) in [5.74, 6) is 1.04. The van der Waals surface area contributed by atoms with E-state index in [0.717, 1.165) is 30.9 Å². The van der Waals surface area contributed by atoms with Crippen molar-refractivity contribution >= 4 is 11.6 Å². The van der Waals surface area contributed by atoms with Gasteiger partial charge in [0.1, 0.15) is 5.75 Å². The van der Waals surface area contributed by atoms with E-state index in [9.17, 15) is 4.79 Å². The fourth-order valence-electron chi connectivity index (χ4n) is 2.04. The third-order valence-electron chi connectivity index (χ3n) is 3.25. The van der Waals surface area contributed by atoms with Crippen LogP contribution in [0.4, 0.5) is 5.69 Å². The number of benzene rings is 1. The molecule has 2 rings (SSSR count). The van der Waals surface area contributed by atoms with Gasteiger partial charge in [0.05, 0.1) is 6.61 Å². The third kappa shape index (κ3) is 2.82. The van der Waals surface area contributed by atoms with Gasteiger partial charge in [0.15, 0.2) is 0 Å². The largest absolute Gasteiger partial charge is 0.493 e. The molecule has 1 atom stereocenters. The molecule has 1 aliphatic rings. The molecule has 0 saturated carbocycles. The molecule has 0 aromatic heterocycles. The molecule has 0 aliphatic carbocycles. The van der Waals surface area contributed by atoms with Gasteiger partial charge >= 0.3 is 0 Å². The van der Waals surface area contributed by atoms with Gasteiger partial charge in [-0.3, -0.25) is 4.79 Å². The van der Waals surface area contributed by atoms with Gasteiger partial charge in [-0.25, -0.2) is 0 Å². The van der Waals surface area contributed by atoms with E-state index in [2.05, 4.69) is 0 Å². The topological polar surface area (TPSA) is 55.6 Å². The smallest absolute Gasteiger partial charge is 0.226 e. The van der Waals surface area contributed by atoms with E-state index in [4.69, 9.17) is 10.5 Å². The molecule has 2 N–H and O–H groups in total. The molecule has 1 aromatic carbocycles. The van der Waals surface area contributed by atoms with Gasteiger partial charge in [-0.05, 0) is 37.1 Å². The molecule has 1 amide bonds. The van der Waals surface area contributed by atoms with Gasteiger partial charge in [-0.2, -0.15) is 0 Å². The number of anilines is 1. The highest BCUT2D eigenvalue weighted by atomic mass is 16.5. The Labute approximate surface area is 108 Å². The van der Waals surface area contributed by atoms with Gasteiger partial charge in [0, 0.05) is 31.6 Å². The van der Waals surface area contributed by atoms with Crippen LogP contribution in [0.15, 0.2) is 18.2 Å². The molecule has 0 saturated heterocycles. The van der Waals surface area contributed by atoms with Gasteiger partial charge < -0.3 is 15.4 Å². The van der Waals surface area contributed by atoms with Crippen molar-refractivity contribution in [2.75, 3.05) is 18.6 Å². The predicted molar refractivity (Wildman–Crippen MR) is 71.9 cm³/mol. The molecule has 0 radical (unpaired) electrons. The Bertz CT molecular complexity index is 443. The molecule has 4 nitrogen and oxygen atoms in total. The number of nitrogens with zero attached hydrogens (tertiary/aromatic N) is 1. The minimum absolute atomic E-state index is 0.0655. The van der Waals surface area contributed by atoms with Gasteiger partial charge in [0.2, 0.25) is 5.91 Å². The molecule has 0 fully saturated rings. The molecular weight excluding hydrogens is 228 g/mol. The Balaban J connectivity index is 2.04. The first-order valence-electron chi connectivity index (χ1n) is 6.36. The van der Waals surface area contributed by atoms with Crippen LogP contribution >= 0.6 is 0 Å².